The summed E-state index contributed by atoms with van der Waals surface area (Å²) in [5.41, 5.74) is 0.434. The van der Waals surface area contributed by atoms with Gasteiger partial charge in [0.15, 0.2) is 0 Å². The quantitative estimate of drug-likeness (QED) is 0.911. The predicted octanol–water partition coefficient (Wildman–Crippen LogP) is 3.80. The van der Waals surface area contributed by atoms with E-state index in [1.54, 1.807) is 6.07 Å². The molecule has 0 saturated carbocycles. The Morgan fingerprint density at radius 1 is 1.14 bits per heavy atom. The molecule has 0 amide bonds. The smallest absolute Gasteiger partial charge is 0.317 e. The standard InChI is InChI=1S/C16H17F3N2/c17-16(18,19)15-10-21-9-13-8-12(1-2-14(13)15)7-11-3-5-20-6-4-11/h1-2,8-11,20H,3-7H2. The van der Waals surface area contributed by atoms with Crippen LogP contribution < -0.4 is 5.32 Å². The molecule has 1 aromatic carbocycles. The van der Waals surface area contributed by atoms with Gasteiger partial charge in [0.25, 0.3) is 0 Å². The minimum absolute atomic E-state index is 0.228. The number of halogens is 3. The fourth-order valence-electron chi connectivity index (χ4n) is 3.00. The Labute approximate surface area is 121 Å². The number of piperidine rings is 1. The van der Waals surface area contributed by atoms with Crippen LogP contribution >= 0.6 is 0 Å². The average molecular weight is 294 g/mol. The number of nitrogens with zero attached hydrogens (tertiary/aromatic N) is 1. The van der Waals surface area contributed by atoms with Crippen molar-refractivity contribution in [1.82, 2.24) is 10.3 Å². The van der Waals surface area contributed by atoms with Gasteiger partial charge in [-0.15, -0.1) is 0 Å². The van der Waals surface area contributed by atoms with Crippen molar-refractivity contribution in [2.75, 3.05) is 13.1 Å². The molecule has 1 N–H and O–H groups in total. The molecular formula is C16H17F3N2. The summed E-state index contributed by atoms with van der Waals surface area (Å²) >= 11 is 0. The zero-order valence-electron chi connectivity index (χ0n) is 11.6. The van der Waals surface area contributed by atoms with Crippen molar-refractivity contribution in [3.05, 3.63) is 41.7 Å². The van der Waals surface area contributed by atoms with Gasteiger partial charge < -0.3 is 5.32 Å². The fraction of sp³-hybridized carbons (Fsp3) is 0.438. The Kier molecular flexibility index (Phi) is 3.85. The molecule has 1 aliphatic heterocycles. The van der Waals surface area contributed by atoms with Crippen molar-refractivity contribution in [2.24, 2.45) is 5.92 Å². The van der Waals surface area contributed by atoms with E-state index in [1.807, 2.05) is 12.1 Å². The van der Waals surface area contributed by atoms with Crippen LogP contribution in [0.5, 0.6) is 0 Å². The second-order valence-electron chi connectivity index (χ2n) is 5.64. The predicted molar refractivity (Wildman–Crippen MR) is 76.0 cm³/mol. The number of fused-ring (bicyclic) bond motifs is 1. The van der Waals surface area contributed by atoms with Crippen LogP contribution in [0.1, 0.15) is 24.0 Å². The monoisotopic (exact) mass is 294 g/mol. The SMILES string of the molecule is FC(F)(F)c1cncc2cc(CC3CCNCC3)ccc12. The number of nitrogens with one attached hydrogen (secondary N) is 1. The Bertz CT molecular complexity index is 631. The first kappa shape index (κ1) is 14.3. The van der Waals surface area contributed by atoms with E-state index in [9.17, 15) is 13.2 Å². The highest BCUT2D eigenvalue weighted by atomic mass is 19.4. The van der Waals surface area contributed by atoms with Crippen LogP contribution in [0.25, 0.3) is 10.8 Å². The van der Waals surface area contributed by atoms with Gasteiger partial charge in [0.1, 0.15) is 0 Å². The summed E-state index contributed by atoms with van der Waals surface area (Å²) < 4.78 is 38.8. The maximum Gasteiger partial charge on any atom is 0.418 e. The molecule has 5 heteroatoms. The molecule has 112 valence electrons. The van der Waals surface area contributed by atoms with Gasteiger partial charge in [0.05, 0.1) is 5.56 Å². The van der Waals surface area contributed by atoms with E-state index in [0.29, 0.717) is 11.3 Å². The molecule has 1 aliphatic rings. The van der Waals surface area contributed by atoms with Crippen molar-refractivity contribution in [3.8, 4) is 0 Å². The summed E-state index contributed by atoms with van der Waals surface area (Å²) in [6, 6.07) is 5.25. The molecule has 2 aromatic rings. The molecule has 2 heterocycles. The number of hydrogen-bond acceptors (Lipinski definition) is 2. The van der Waals surface area contributed by atoms with Gasteiger partial charge >= 0.3 is 6.18 Å². The van der Waals surface area contributed by atoms with Crippen LogP contribution in [0.2, 0.25) is 0 Å². The summed E-state index contributed by atoms with van der Waals surface area (Å²) in [6.45, 7) is 2.05. The van der Waals surface area contributed by atoms with E-state index in [4.69, 9.17) is 0 Å². The van der Waals surface area contributed by atoms with E-state index in [0.717, 1.165) is 44.1 Å². The summed E-state index contributed by atoms with van der Waals surface area (Å²) in [6.07, 6.45) is 1.22. The Hall–Kier alpha value is -1.62. The minimum atomic E-state index is -4.36. The third kappa shape index (κ3) is 3.18. The number of benzene rings is 1. The maximum absolute atomic E-state index is 12.9. The van der Waals surface area contributed by atoms with Crippen LogP contribution in [0.3, 0.4) is 0 Å². The lowest BCUT2D eigenvalue weighted by molar-refractivity contribution is -0.136. The molecule has 0 aliphatic carbocycles. The normalized spacial score (nSPS) is 17.3. The first-order valence-corrected chi connectivity index (χ1v) is 7.18. The van der Waals surface area contributed by atoms with Gasteiger partial charge in [0.2, 0.25) is 0 Å². The third-order valence-corrected chi connectivity index (χ3v) is 4.11. The van der Waals surface area contributed by atoms with Gasteiger partial charge in [-0.25, -0.2) is 0 Å². The van der Waals surface area contributed by atoms with Gasteiger partial charge in [-0.2, -0.15) is 13.2 Å². The first-order chi connectivity index (χ1) is 10.0. The largest absolute Gasteiger partial charge is 0.418 e. The highest BCUT2D eigenvalue weighted by molar-refractivity contribution is 5.85. The number of alkyl halides is 3. The Morgan fingerprint density at radius 2 is 1.90 bits per heavy atom. The number of pyridine rings is 1. The molecule has 1 fully saturated rings. The lowest BCUT2D eigenvalue weighted by Gasteiger charge is -2.22. The van der Waals surface area contributed by atoms with Crippen LogP contribution in [0.15, 0.2) is 30.6 Å². The molecule has 2 nitrogen and oxygen atoms in total. The van der Waals surface area contributed by atoms with Gasteiger partial charge in [-0.05, 0) is 55.3 Å². The van der Waals surface area contributed by atoms with Crippen molar-refractivity contribution >= 4 is 10.8 Å². The highest BCUT2D eigenvalue weighted by Gasteiger charge is 2.32. The zero-order chi connectivity index (χ0) is 14.9. The second kappa shape index (κ2) is 5.64. The molecule has 1 aromatic heterocycles. The molecule has 0 spiro atoms. The lowest BCUT2D eigenvalue weighted by Crippen LogP contribution is -2.28. The van der Waals surface area contributed by atoms with Crippen molar-refractivity contribution < 1.29 is 13.2 Å². The zero-order valence-corrected chi connectivity index (χ0v) is 11.6. The molecule has 0 bridgehead atoms. The van der Waals surface area contributed by atoms with E-state index >= 15 is 0 Å². The van der Waals surface area contributed by atoms with Gasteiger partial charge in [-0.3, -0.25) is 4.98 Å². The van der Waals surface area contributed by atoms with E-state index in [2.05, 4.69) is 10.3 Å². The summed E-state index contributed by atoms with van der Waals surface area (Å²) in [5.74, 6) is 0.613. The molecule has 21 heavy (non-hydrogen) atoms. The van der Waals surface area contributed by atoms with Crippen LogP contribution in [0, 0.1) is 5.92 Å². The fourth-order valence-corrected chi connectivity index (χ4v) is 3.00. The Balaban J connectivity index is 1.90. The lowest BCUT2D eigenvalue weighted by atomic mass is 9.90. The molecule has 1 saturated heterocycles. The second-order valence-corrected chi connectivity index (χ2v) is 5.64. The van der Waals surface area contributed by atoms with Crippen LogP contribution in [0.4, 0.5) is 13.2 Å². The molecule has 0 unspecified atom stereocenters. The number of rotatable bonds is 2. The summed E-state index contributed by atoms with van der Waals surface area (Å²) in [4.78, 5) is 3.74. The molecule has 0 atom stereocenters. The maximum atomic E-state index is 12.9. The molecular weight excluding hydrogens is 277 g/mol. The first-order valence-electron chi connectivity index (χ1n) is 7.18. The van der Waals surface area contributed by atoms with Crippen LogP contribution in [-0.2, 0) is 12.6 Å². The summed E-state index contributed by atoms with van der Waals surface area (Å²) in [5, 5.41) is 4.11. The highest BCUT2D eigenvalue weighted by Crippen LogP contribution is 2.34. The van der Waals surface area contributed by atoms with Crippen LogP contribution in [-0.4, -0.2) is 18.1 Å². The topological polar surface area (TPSA) is 24.9 Å². The summed E-state index contributed by atoms with van der Waals surface area (Å²) in [7, 11) is 0. The number of hydrogen-bond donors (Lipinski definition) is 1. The number of aromatic nitrogens is 1. The Morgan fingerprint density at radius 3 is 2.62 bits per heavy atom. The van der Waals surface area contributed by atoms with E-state index in [1.165, 1.54) is 6.20 Å². The van der Waals surface area contributed by atoms with Gasteiger partial charge in [-0.1, -0.05) is 12.1 Å². The molecule has 0 radical (unpaired) electrons. The van der Waals surface area contributed by atoms with E-state index in [-0.39, 0.29) is 5.39 Å². The van der Waals surface area contributed by atoms with E-state index < -0.39 is 11.7 Å². The third-order valence-electron chi connectivity index (χ3n) is 4.11. The van der Waals surface area contributed by atoms with Crippen molar-refractivity contribution in [2.45, 2.75) is 25.4 Å². The minimum Gasteiger partial charge on any atom is -0.317 e. The van der Waals surface area contributed by atoms with Crippen molar-refractivity contribution in [3.63, 3.8) is 0 Å². The molecule has 3 rings (SSSR count). The average Bonchev–Trinajstić information content (AvgIpc) is 2.46. The van der Waals surface area contributed by atoms with Crippen molar-refractivity contribution in [1.29, 1.82) is 0 Å². The van der Waals surface area contributed by atoms with Gasteiger partial charge in [0, 0.05) is 17.8 Å².